The molecule has 1 atom stereocenters. The molecule has 0 radical (unpaired) electrons. The van der Waals surface area contributed by atoms with Gasteiger partial charge in [0.25, 0.3) is 0 Å². The summed E-state index contributed by atoms with van der Waals surface area (Å²) in [5.41, 5.74) is 7.26. The highest BCUT2D eigenvalue weighted by Gasteiger charge is 2.20. The van der Waals surface area contributed by atoms with Crippen molar-refractivity contribution in [2.45, 2.75) is 59.8 Å². The van der Waals surface area contributed by atoms with E-state index in [-0.39, 0.29) is 22.9 Å². The molecular weight excluding hydrogens is 278 g/mol. The monoisotopic (exact) mass is 309 g/mol. The van der Waals surface area contributed by atoms with E-state index in [2.05, 4.69) is 20.8 Å². The molecule has 0 fully saturated rings. The van der Waals surface area contributed by atoms with Gasteiger partial charge < -0.3 is 20.7 Å². The fourth-order valence-electron chi connectivity index (χ4n) is 2.82. The number of nitrogen functional groups attached to an aromatic ring is 1. The summed E-state index contributed by atoms with van der Waals surface area (Å²) in [6.45, 7) is 8.51. The average molecular weight is 309 g/mol. The van der Waals surface area contributed by atoms with Gasteiger partial charge in [-0.1, -0.05) is 40.0 Å². The summed E-state index contributed by atoms with van der Waals surface area (Å²) in [4.78, 5) is 0. The zero-order valence-corrected chi connectivity index (χ0v) is 14.6. The van der Waals surface area contributed by atoms with E-state index in [0.717, 1.165) is 17.9 Å². The molecule has 0 aliphatic heterocycles. The van der Waals surface area contributed by atoms with Gasteiger partial charge >= 0.3 is 0 Å². The van der Waals surface area contributed by atoms with Gasteiger partial charge in [-0.3, -0.25) is 0 Å². The van der Waals surface area contributed by atoms with Crippen molar-refractivity contribution >= 4 is 5.69 Å². The van der Waals surface area contributed by atoms with Crippen molar-refractivity contribution in [1.29, 1.82) is 0 Å². The predicted octanol–water partition coefficient (Wildman–Crippen LogP) is 4.39. The van der Waals surface area contributed by atoms with E-state index in [0.29, 0.717) is 17.9 Å². The minimum atomic E-state index is 0.0112. The Morgan fingerprint density at radius 1 is 1.05 bits per heavy atom. The van der Waals surface area contributed by atoms with Gasteiger partial charge in [-0.05, 0) is 31.6 Å². The van der Waals surface area contributed by atoms with Crippen LogP contribution in [0.1, 0.15) is 57.6 Å². The van der Waals surface area contributed by atoms with Crippen LogP contribution in [-0.4, -0.2) is 17.3 Å². The molecule has 4 nitrogen and oxygen atoms in total. The van der Waals surface area contributed by atoms with E-state index < -0.39 is 0 Å². The van der Waals surface area contributed by atoms with Crippen LogP contribution in [0.25, 0.3) is 0 Å². The third-order valence-electron chi connectivity index (χ3n) is 4.38. The maximum atomic E-state index is 10.3. The van der Waals surface area contributed by atoms with Gasteiger partial charge in [-0.15, -0.1) is 0 Å². The number of ether oxygens (including phenoxy) is 1. The van der Waals surface area contributed by atoms with Crippen LogP contribution in [0.2, 0.25) is 0 Å². The lowest BCUT2D eigenvalue weighted by molar-refractivity contribution is 0.365. The number of methoxy groups -OCH3 is 1. The fourth-order valence-corrected chi connectivity index (χ4v) is 2.82. The van der Waals surface area contributed by atoms with Crippen molar-refractivity contribution in [2.24, 2.45) is 11.8 Å². The van der Waals surface area contributed by atoms with Crippen molar-refractivity contribution in [3.8, 4) is 17.2 Å². The van der Waals surface area contributed by atoms with Crippen LogP contribution >= 0.6 is 0 Å². The molecule has 0 heterocycles. The molecule has 1 rings (SSSR count). The zero-order chi connectivity index (χ0) is 16.9. The molecule has 1 aromatic rings. The molecular formula is C18H31NO3. The largest absolute Gasteiger partial charge is 0.505 e. The minimum absolute atomic E-state index is 0.0112. The molecule has 0 aliphatic rings. The number of rotatable bonds is 8. The molecule has 0 aromatic heterocycles. The van der Waals surface area contributed by atoms with Crippen molar-refractivity contribution in [2.75, 3.05) is 12.8 Å². The smallest absolute Gasteiger partial charge is 0.187 e. The van der Waals surface area contributed by atoms with Gasteiger partial charge in [0, 0.05) is 11.1 Å². The predicted molar refractivity (Wildman–Crippen MR) is 91.6 cm³/mol. The van der Waals surface area contributed by atoms with Crippen LogP contribution in [0.4, 0.5) is 5.69 Å². The van der Waals surface area contributed by atoms with E-state index in [1.54, 1.807) is 6.92 Å². The number of phenols is 2. The Balaban J connectivity index is 2.75. The van der Waals surface area contributed by atoms with Gasteiger partial charge in [-0.2, -0.15) is 0 Å². The average Bonchev–Trinajstić information content (AvgIpc) is 2.45. The molecule has 0 spiro atoms. The third kappa shape index (κ3) is 4.46. The molecule has 0 saturated carbocycles. The summed E-state index contributed by atoms with van der Waals surface area (Å²) in [7, 11) is 1.44. The standard InChI is InChI=1S/C18H31NO3/c1-11(2)7-6-8-12(3)9-10-14-13(4)16(20)15(19)18(22-5)17(14)21/h11-12,20-21H,6-10,19H2,1-5H3. The number of nitrogens with two attached hydrogens (primary N) is 1. The lowest BCUT2D eigenvalue weighted by atomic mass is 9.92. The van der Waals surface area contributed by atoms with Gasteiger partial charge in [-0.25, -0.2) is 0 Å². The first kappa shape index (κ1) is 18.5. The summed E-state index contributed by atoms with van der Waals surface area (Å²) in [5, 5.41) is 20.4. The molecule has 1 aromatic carbocycles. The van der Waals surface area contributed by atoms with Crippen LogP contribution in [-0.2, 0) is 6.42 Å². The lowest BCUT2D eigenvalue weighted by Gasteiger charge is -2.18. The summed E-state index contributed by atoms with van der Waals surface area (Å²) >= 11 is 0. The second-order valence-corrected chi connectivity index (χ2v) is 6.72. The molecule has 1 unspecified atom stereocenters. The van der Waals surface area contributed by atoms with Gasteiger partial charge in [0.05, 0.1) is 7.11 Å². The number of aromatic hydroxyl groups is 2. The summed E-state index contributed by atoms with van der Waals surface area (Å²) < 4.78 is 5.12. The van der Waals surface area contributed by atoms with Crippen LogP contribution in [0, 0.1) is 18.8 Å². The summed E-state index contributed by atoms with van der Waals surface area (Å²) in [6.07, 6.45) is 5.37. The van der Waals surface area contributed by atoms with Crippen molar-refractivity contribution < 1.29 is 14.9 Å². The zero-order valence-electron chi connectivity index (χ0n) is 14.6. The first-order valence-electron chi connectivity index (χ1n) is 8.16. The van der Waals surface area contributed by atoms with E-state index in [4.69, 9.17) is 10.5 Å². The summed E-state index contributed by atoms with van der Waals surface area (Å²) in [5.74, 6) is 1.58. The highest BCUT2D eigenvalue weighted by atomic mass is 16.5. The molecule has 126 valence electrons. The highest BCUT2D eigenvalue weighted by molar-refractivity contribution is 5.73. The van der Waals surface area contributed by atoms with Crippen molar-refractivity contribution in [3.05, 3.63) is 11.1 Å². The van der Waals surface area contributed by atoms with Crippen LogP contribution in [0.5, 0.6) is 17.2 Å². The molecule has 0 amide bonds. The Hall–Kier alpha value is -1.58. The SMILES string of the molecule is COc1c(N)c(O)c(C)c(CCC(C)CCCC(C)C)c1O. The highest BCUT2D eigenvalue weighted by Crippen LogP contribution is 2.45. The van der Waals surface area contributed by atoms with Crippen LogP contribution in [0.15, 0.2) is 0 Å². The van der Waals surface area contributed by atoms with Gasteiger partial charge in [0.15, 0.2) is 11.5 Å². The molecule has 4 heteroatoms. The minimum Gasteiger partial charge on any atom is -0.505 e. The maximum Gasteiger partial charge on any atom is 0.187 e. The molecule has 22 heavy (non-hydrogen) atoms. The van der Waals surface area contributed by atoms with Gasteiger partial charge in [0.1, 0.15) is 11.4 Å². The van der Waals surface area contributed by atoms with Crippen LogP contribution < -0.4 is 10.5 Å². The molecule has 4 N–H and O–H groups in total. The Kier molecular flexibility index (Phi) is 6.85. The summed E-state index contributed by atoms with van der Waals surface area (Å²) in [6, 6.07) is 0. The molecule has 0 saturated heterocycles. The number of phenolic OH excluding ortho intramolecular Hbond substituents is 2. The van der Waals surface area contributed by atoms with E-state index in [1.165, 1.54) is 26.4 Å². The Morgan fingerprint density at radius 3 is 2.23 bits per heavy atom. The second-order valence-electron chi connectivity index (χ2n) is 6.72. The number of benzene rings is 1. The van der Waals surface area contributed by atoms with Crippen LogP contribution in [0.3, 0.4) is 0 Å². The first-order valence-corrected chi connectivity index (χ1v) is 8.16. The Morgan fingerprint density at radius 2 is 1.68 bits per heavy atom. The topological polar surface area (TPSA) is 75.7 Å². The third-order valence-corrected chi connectivity index (χ3v) is 4.38. The van der Waals surface area contributed by atoms with E-state index >= 15 is 0 Å². The second kappa shape index (κ2) is 8.16. The fraction of sp³-hybridized carbons (Fsp3) is 0.667. The normalized spacial score (nSPS) is 12.6. The first-order chi connectivity index (χ1) is 10.3. The quantitative estimate of drug-likeness (QED) is 0.378. The maximum absolute atomic E-state index is 10.3. The molecule has 0 bridgehead atoms. The Labute approximate surface area is 134 Å². The van der Waals surface area contributed by atoms with E-state index in [1.807, 2.05) is 0 Å². The van der Waals surface area contributed by atoms with Crippen molar-refractivity contribution in [1.82, 2.24) is 0 Å². The van der Waals surface area contributed by atoms with E-state index in [9.17, 15) is 10.2 Å². The Bertz CT molecular complexity index is 498. The van der Waals surface area contributed by atoms with Gasteiger partial charge in [0.2, 0.25) is 0 Å². The number of hydrogen-bond acceptors (Lipinski definition) is 4. The van der Waals surface area contributed by atoms with Crippen molar-refractivity contribution in [3.63, 3.8) is 0 Å². The number of hydrogen-bond donors (Lipinski definition) is 3. The molecule has 0 aliphatic carbocycles. The lowest BCUT2D eigenvalue weighted by Crippen LogP contribution is -2.03. The number of anilines is 1.